The van der Waals surface area contributed by atoms with Gasteiger partial charge in [0.15, 0.2) is 0 Å². The summed E-state index contributed by atoms with van der Waals surface area (Å²) in [5.41, 5.74) is 4.06. The topological polar surface area (TPSA) is 96.7 Å². The van der Waals surface area contributed by atoms with Crippen molar-refractivity contribution in [2.24, 2.45) is 0 Å². The second-order valence-corrected chi connectivity index (χ2v) is 11.0. The average molecular weight is 549 g/mol. The number of carboxylic acids is 1. The smallest absolute Gasteiger partial charge is 0.336 e. The van der Waals surface area contributed by atoms with Crippen molar-refractivity contribution < 1.29 is 19.4 Å². The number of nitrogens with one attached hydrogen (secondary N) is 1. The number of carboxylic acid groups (broad SMARTS) is 1. The first-order valence-electron chi connectivity index (χ1n) is 14.9. The molecule has 4 rings (SSSR count). The fraction of sp³-hybridized carbons (Fsp3) is 0.531. The molecule has 1 aliphatic rings. The van der Waals surface area contributed by atoms with Gasteiger partial charge in [0.2, 0.25) is 0 Å². The first-order chi connectivity index (χ1) is 19.4. The van der Waals surface area contributed by atoms with Crippen molar-refractivity contribution in [3.05, 3.63) is 59.4 Å². The van der Waals surface area contributed by atoms with Crippen LogP contribution in [0.4, 0.5) is 4.79 Å². The van der Waals surface area contributed by atoms with Crippen molar-refractivity contribution in [3.8, 4) is 5.75 Å². The van der Waals surface area contributed by atoms with Crippen LogP contribution in [0, 0.1) is 0 Å². The number of urea groups is 1. The fourth-order valence-corrected chi connectivity index (χ4v) is 5.54. The Labute approximate surface area is 237 Å². The molecule has 0 aliphatic heterocycles. The van der Waals surface area contributed by atoms with E-state index in [1.54, 1.807) is 5.01 Å². The molecule has 1 fully saturated rings. The van der Waals surface area contributed by atoms with Gasteiger partial charge in [-0.3, -0.25) is 4.79 Å². The zero-order chi connectivity index (χ0) is 28.5. The van der Waals surface area contributed by atoms with E-state index in [1.165, 1.54) is 19.3 Å². The lowest BCUT2D eigenvalue weighted by atomic mass is 9.96. The Morgan fingerprint density at radius 2 is 1.80 bits per heavy atom. The maximum Gasteiger partial charge on any atom is 0.336 e. The molecule has 1 unspecified atom stereocenters. The van der Waals surface area contributed by atoms with Crippen molar-refractivity contribution in [1.29, 1.82) is 0 Å². The molecule has 216 valence electrons. The third kappa shape index (κ3) is 7.77. The molecule has 0 bridgehead atoms. The van der Waals surface area contributed by atoms with Crippen LogP contribution < -0.4 is 15.1 Å². The normalized spacial score (nSPS) is 14.7. The molecule has 8 nitrogen and oxygen atoms in total. The Balaban J connectivity index is 1.53. The van der Waals surface area contributed by atoms with E-state index in [-0.39, 0.29) is 24.6 Å². The summed E-state index contributed by atoms with van der Waals surface area (Å²) in [7, 11) is 1.83. The third-order valence-electron chi connectivity index (χ3n) is 7.69. The first-order valence-corrected chi connectivity index (χ1v) is 14.9. The Bertz CT molecular complexity index is 1260. The summed E-state index contributed by atoms with van der Waals surface area (Å²) < 4.78 is 7.93. The van der Waals surface area contributed by atoms with E-state index >= 15 is 0 Å². The Morgan fingerprint density at radius 1 is 1.07 bits per heavy atom. The van der Waals surface area contributed by atoms with Crippen LogP contribution in [-0.2, 0) is 17.6 Å². The Kier molecular flexibility index (Phi) is 10.4. The van der Waals surface area contributed by atoms with Crippen molar-refractivity contribution in [2.45, 2.75) is 103 Å². The number of amides is 2. The van der Waals surface area contributed by atoms with E-state index in [0.717, 1.165) is 72.9 Å². The third-order valence-corrected chi connectivity index (χ3v) is 7.69. The van der Waals surface area contributed by atoms with Crippen molar-refractivity contribution >= 4 is 23.0 Å². The molecule has 1 aliphatic carbocycles. The Morgan fingerprint density at radius 3 is 2.48 bits per heavy atom. The van der Waals surface area contributed by atoms with Gasteiger partial charge in [-0.2, -0.15) is 0 Å². The molecule has 40 heavy (non-hydrogen) atoms. The van der Waals surface area contributed by atoms with Crippen molar-refractivity contribution in [3.63, 3.8) is 0 Å². The summed E-state index contributed by atoms with van der Waals surface area (Å²) in [6, 6.07) is 14.3. The van der Waals surface area contributed by atoms with Gasteiger partial charge in [0.1, 0.15) is 17.7 Å². The van der Waals surface area contributed by atoms with Gasteiger partial charge in [-0.1, -0.05) is 64.2 Å². The number of hydrogen-bond donors (Lipinski definition) is 2. The number of unbranched alkanes of at least 4 members (excludes halogenated alkanes) is 1. The summed E-state index contributed by atoms with van der Waals surface area (Å²) in [6.45, 7) is 4.19. The number of benzene rings is 2. The van der Waals surface area contributed by atoms with E-state index in [4.69, 9.17) is 14.8 Å². The van der Waals surface area contributed by atoms with E-state index in [2.05, 4.69) is 24.4 Å². The Hall–Kier alpha value is -3.55. The zero-order valence-electron chi connectivity index (χ0n) is 24.2. The summed E-state index contributed by atoms with van der Waals surface area (Å²) >= 11 is 0. The number of carbonyl (C=O) groups is 2. The van der Waals surface area contributed by atoms with Crippen molar-refractivity contribution in [2.75, 3.05) is 12.1 Å². The van der Waals surface area contributed by atoms with E-state index in [0.29, 0.717) is 12.2 Å². The first kappa shape index (κ1) is 29.4. The number of fused-ring (bicyclic) bond motifs is 1. The average Bonchev–Trinajstić information content (AvgIpc) is 3.30. The minimum Gasteiger partial charge on any atom is -0.490 e. The van der Waals surface area contributed by atoms with Crippen LogP contribution in [0.5, 0.6) is 5.75 Å². The number of nitrogens with zero attached hydrogens (tertiary/aromatic N) is 3. The molecular formula is C32H44N4O4. The van der Waals surface area contributed by atoms with Crippen LogP contribution in [0.1, 0.15) is 95.0 Å². The lowest BCUT2D eigenvalue weighted by molar-refractivity contribution is -0.138. The second kappa shape index (κ2) is 14.2. The number of carbonyl (C=O) groups excluding carboxylic acids is 1. The van der Waals surface area contributed by atoms with E-state index in [9.17, 15) is 9.59 Å². The number of aromatic nitrogens is 2. The van der Waals surface area contributed by atoms with Gasteiger partial charge in [-0.25, -0.2) is 19.5 Å². The predicted molar refractivity (Wildman–Crippen MR) is 159 cm³/mol. The van der Waals surface area contributed by atoms with Crippen LogP contribution in [-0.4, -0.2) is 46.0 Å². The van der Waals surface area contributed by atoms with Crippen molar-refractivity contribution in [1.82, 2.24) is 15.0 Å². The molecule has 1 saturated carbocycles. The summed E-state index contributed by atoms with van der Waals surface area (Å²) in [4.78, 5) is 29.4. The predicted octanol–water partition coefficient (Wildman–Crippen LogP) is 6.60. The van der Waals surface area contributed by atoms with Gasteiger partial charge < -0.3 is 15.2 Å². The van der Waals surface area contributed by atoms with Gasteiger partial charge in [0, 0.05) is 19.5 Å². The van der Waals surface area contributed by atoms with Crippen LogP contribution in [0.2, 0.25) is 0 Å². The highest BCUT2D eigenvalue weighted by atomic mass is 16.5. The SMILES string of the molecule is CCCCc1nc2ccc(Cc3ccc(OC(CCC)CC(=O)O)cc3)cc2n1N(C)C(=O)NC1CCCCC1. The van der Waals surface area contributed by atoms with Gasteiger partial charge in [0.25, 0.3) is 0 Å². The molecule has 2 N–H and O–H groups in total. The van der Waals surface area contributed by atoms with Crippen LogP contribution in [0.3, 0.4) is 0 Å². The van der Waals surface area contributed by atoms with Crippen LogP contribution in [0.25, 0.3) is 11.0 Å². The standard InChI is InChI=1S/C32H44N4O4/c1-4-6-13-30-34-28-19-16-24(20-23-14-17-26(18-15-23)40-27(10-5-2)22-31(37)38)21-29(28)36(30)35(3)32(39)33-25-11-8-7-9-12-25/h14-19,21,25,27H,4-13,20,22H2,1-3H3,(H,33,39)(H,37,38). The fourth-order valence-electron chi connectivity index (χ4n) is 5.54. The quantitative estimate of drug-likeness (QED) is 0.251. The number of hydrogen-bond acceptors (Lipinski definition) is 4. The highest BCUT2D eigenvalue weighted by molar-refractivity contribution is 5.87. The van der Waals surface area contributed by atoms with Crippen LogP contribution >= 0.6 is 0 Å². The molecule has 0 saturated heterocycles. The molecule has 8 heteroatoms. The second-order valence-electron chi connectivity index (χ2n) is 11.0. The number of rotatable bonds is 13. The maximum atomic E-state index is 13.3. The zero-order valence-corrected chi connectivity index (χ0v) is 24.2. The number of ether oxygens (including phenoxy) is 1. The molecule has 2 amide bonds. The molecule has 3 aromatic rings. The molecule has 0 spiro atoms. The van der Waals surface area contributed by atoms with Gasteiger partial charge in [0.05, 0.1) is 17.5 Å². The minimum absolute atomic E-state index is 0.00332. The minimum atomic E-state index is -0.848. The van der Waals surface area contributed by atoms with Gasteiger partial charge >= 0.3 is 12.0 Å². The largest absolute Gasteiger partial charge is 0.490 e. The van der Waals surface area contributed by atoms with E-state index in [1.807, 2.05) is 49.0 Å². The lowest BCUT2D eigenvalue weighted by Crippen LogP contribution is -2.48. The molecular weight excluding hydrogens is 504 g/mol. The molecule has 1 heterocycles. The molecule has 2 aromatic carbocycles. The van der Waals surface area contributed by atoms with Crippen LogP contribution in [0.15, 0.2) is 42.5 Å². The summed E-state index contributed by atoms with van der Waals surface area (Å²) in [5, 5.41) is 14.1. The lowest BCUT2D eigenvalue weighted by Gasteiger charge is -2.27. The molecule has 1 aromatic heterocycles. The maximum absolute atomic E-state index is 13.3. The number of aryl methyl sites for hydroxylation is 1. The highest BCUT2D eigenvalue weighted by Gasteiger charge is 2.22. The number of imidazole rings is 1. The molecule has 0 radical (unpaired) electrons. The summed E-state index contributed by atoms with van der Waals surface area (Å²) in [6.07, 6.45) is 10.5. The summed E-state index contributed by atoms with van der Waals surface area (Å²) in [5.74, 6) is 0.739. The van der Waals surface area contributed by atoms with Gasteiger partial charge in [-0.05, 0) is 67.5 Å². The van der Waals surface area contributed by atoms with E-state index < -0.39 is 5.97 Å². The highest BCUT2D eigenvalue weighted by Crippen LogP contribution is 2.24. The monoisotopic (exact) mass is 548 g/mol. The number of aliphatic carboxylic acids is 1. The molecule has 1 atom stereocenters. The van der Waals surface area contributed by atoms with Gasteiger partial charge in [-0.15, -0.1) is 0 Å².